The summed E-state index contributed by atoms with van der Waals surface area (Å²) < 4.78 is 0. The predicted octanol–water partition coefficient (Wildman–Crippen LogP) is 1.13. The van der Waals surface area contributed by atoms with Crippen LogP contribution in [-0.4, -0.2) is 71.5 Å². The minimum atomic E-state index is -0.748. The Morgan fingerprint density at radius 1 is 1.38 bits per heavy atom. The number of piperidine rings is 1. The Morgan fingerprint density at radius 2 is 2.08 bits per heavy atom. The van der Waals surface area contributed by atoms with E-state index >= 15 is 0 Å². The molecule has 0 saturated carbocycles. The molecule has 3 heterocycles. The fourth-order valence-corrected chi connectivity index (χ4v) is 4.04. The minimum Gasteiger partial charge on any atom is -0.480 e. The van der Waals surface area contributed by atoms with Crippen molar-refractivity contribution in [3.05, 3.63) is 23.9 Å². The number of pyridine rings is 1. The number of rotatable bonds is 3. The standard InChI is InChI=1S/C17H24N4O3/c1-18-14-12(4-3-7-19-14)15(22)21-8-5-17(6-9-21)10-13(16(23)24)20(2)11-17/h3-4,7,13H,5-6,8-11H2,1-2H3,(H,18,19)(H,23,24). The molecule has 7 nitrogen and oxygen atoms in total. The number of hydrogen-bond acceptors (Lipinski definition) is 5. The minimum absolute atomic E-state index is 0.0107. The first-order chi connectivity index (χ1) is 11.5. The number of aliphatic carboxylic acids is 1. The van der Waals surface area contributed by atoms with Gasteiger partial charge in [-0.05, 0) is 43.9 Å². The molecule has 2 aliphatic rings. The van der Waals surface area contributed by atoms with E-state index in [1.54, 1.807) is 25.4 Å². The molecular formula is C17H24N4O3. The van der Waals surface area contributed by atoms with Crippen molar-refractivity contribution < 1.29 is 14.7 Å². The van der Waals surface area contributed by atoms with Gasteiger partial charge >= 0.3 is 5.97 Å². The van der Waals surface area contributed by atoms with Crippen molar-refractivity contribution >= 4 is 17.7 Å². The van der Waals surface area contributed by atoms with Crippen LogP contribution < -0.4 is 5.32 Å². The molecule has 2 N–H and O–H groups in total. The van der Waals surface area contributed by atoms with E-state index in [0.29, 0.717) is 30.9 Å². The monoisotopic (exact) mass is 332 g/mol. The first kappa shape index (κ1) is 16.7. The van der Waals surface area contributed by atoms with Crippen LogP contribution in [0.5, 0.6) is 0 Å². The Morgan fingerprint density at radius 3 is 2.67 bits per heavy atom. The summed E-state index contributed by atoms with van der Waals surface area (Å²) in [5.41, 5.74) is 0.609. The average molecular weight is 332 g/mol. The summed E-state index contributed by atoms with van der Waals surface area (Å²) >= 11 is 0. The Hall–Kier alpha value is -2.15. The third-order valence-electron chi connectivity index (χ3n) is 5.41. The molecular weight excluding hydrogens is 308 g/mol. The number of anilines is 1. The second-order valence-corrected chi connectivity index (χ2v) is 6.92. The molecule has 1 amide bonds. The van der Waals surface area contributed by atoms with Gasteiger partial charge in [-0.2, -0.15) is 0 Å². The van der Waals surface area contributed by atoms with E-state index in [0.717, 1.165) is 19.4 Å². The molecule has 1 aromatic rings. The number of carbonyl (C=O) groups is 2. The summed E-state index contributed by atoms with van der Waals surface area (Å²) in [5.74, 6) is -0.167. The van der Waals surface area contributed by atoms with Crippen molar-refractivity contribution in [2.75, 3.05) is 39.0 Å². The molecule has 1 unspecified atom stereocenters. The molecule has 0 bridgehead atoms. The summed E-state index contributed by atoms with van der Waals surface area (Å²) in [6.07, 6.45) is 4.04. The highest BCUT2D eigenvalue weighted by Gasteiger charge is 2.47. The Bertz CT molecular complexity index is 640. The number of carbonyl (C=O) groups excluding carboxylic acids is 1. The number of nitrogens with zero attached hydrogens (tertiary/aromatic N) is 3. The number of hydrogen-bond donors (Lipinski definition) is 2. The van der Waals surface area contributed by atoms with Crippen molar-refractivity contribution in [2.24, 2.45) is 5.41 Å². The second kappa shape index (κ2) is 6.39. The zero-order valence-corrected chi connectivity index (χ0v) is 14.2. The zero-order valence-electron chi connectivity index (χ0n) is 14.2. The van der Waals surface area contributed by atoms with Crippen LogP contribution in [0.4, 0.5) is 5.82 Å². The highest BCUT2D eigenvalue weighted by atomic mass is 16.4. The lowest BCUT2D eigenvalue weighted by molar-refractivity contribution is -0.141. The molecule has 24 heavy (non-hydrogen) atoms. The van der Waals surface area contributed by atoms with Crippen molar-refractivity contribution in [1.29, 1.82) is 0 Å². The zero-order chi connectivity index (χ0) is 17.3. The Labute approximate surface area is 141 Å². The molecule has 0 radical (unpaired) electrons. The van der Waals surface area contributed by atoms with Gasteiger partial charge in [0.1, 0.15) is 11.9 Å². The van der Waals surface area contributed by atoms with E-state index < -0.39 is 12.0 Å². The number of nitrogens with one attached hydrogen (secondary N) is 1. The third-order valence-corrected chi connectivity index (χ3v) is 5.41. The molecule has 0 aromatic carbocycles. The van der Waals surface area contributed by atoms with Crippen molar-refractivity contribution in [2.45, 2.75) is 25.3 Å². The molecule has 2 saturated heterocycles. The van der Waals surface area contributed by atoms with Gasteiger partial charge < -0.3 is 15.3 Å². The number of carboxylic acid groups (broad SMARTS) is 1. The molecule has 3 rings (SSSR count). The number of carboxylic acids is 1. The Balaban J connectivity index is 1.67. The summed E-state index contributed by atoms with van der Waals surface area (Å²) in [6.45, 7) is 2.12. The number of aromatic nitrogens is 1. The highest BCUT2D eigenvalue weighted by molar-refractivity contribution is 5.98. The lowest BCUT2D eigenvalue weighted by Gasteiger charge is -2.39. The van der Waals surface area contributed by atoms with Crippen LogP contribution >= 0.6 is 0 Å². The second-order valence-electron chi connectivity index (χ2n) is 6.92. The van der Waals surface area contributed by atoms with Crippen LogP contribution in [0.2, 0.25) is 0 Å². The van der Waals surface area contributed by atoms with Crippen LogP contribution in [0.3, 0.4) is 0 Å². The SMILES string of the molecule is CNc1ncccc1C(=O)N1CCC2(CC1)CC(C(=O)O)N(C)C2. The van der Waals surface area contributed by atoms with Crippen LogP contribution in [0.1, 0.15) is 29.6 Å². The van der Waals surface area contributed by atoms with E-state index in [1.165, 1.54) is 0 Å². The van der Waals surface area contributed by atoms with Crippen LogP contribution in [0.25, 0.3) is 0 Å². The highest BCUT2D eigenvalue weighted by Crippen LogP contribution is 2.43. The normalized spacial score (nSPS) is 23.4. The van der Waals surface area contributed by atoms with E-state index in [2.05, 4.69) is 10.3 Å². The maximum absolute atomic E-state index is 12.8. The van der Waals surface area contributed by atoms with Gasteiger partial charge in [-0.25, -0.2) is 4.98 Å². The van der Waals surface area contributed by atoms with E-state index in [-0.39, 0.29) is 11.3 Å². The largest absolute Gasteiger partial charge is 0.480 e. The van der Waals surface area contributed by atoms with E-state index in [1.807, 2.05) is 16.8 Å². The van der Waals surface area contributed by atoms with Crippen molar-refractivity contribution in [1.82, 2.24) is 14.8 Å². The van der Waals surface area contributed by atoms with Crippen LogP contribution in [0.15, 0.2) is 18.3 Å². The molecule has 7 heteroatoms. The van der Waals surface area contributed by atoms with Gasteiger partial charge in [-0.1, -0.05) is 0 Å². The number of amides is 1. The van der Waals surface area contributed by atoms with Gasteiger partial charge in [0.2, 0.25) is 0 Å². The third kappa shape index (κ3) is 2.96. The number of likely N-dealkylation sites (tertiary alicyclic amines) is 2. The summed E-state index contributed by atoms with van der Waals surface area (Å²) in [5, 5.41) is 12.3. The topological polar surface area (TPSA) is 85.8 Å². The van der Waals surface area contributed by atoms with Gasteiger partial charge in [0.15, 0.2) is 0 Å². The lowest BCUT2D eigenvalue weighted by Crippen LogP contribution is -2.44. The van der Waals surface area contributed by atoms with Crippen LogP contribution in [0, 0.1) is 5.41 Å². The molecule has 130 valence electrons. The summed E-state index contributed by atoms with van der Waals surface area (Å²) in [4.78, 5) is 32.1. The molecule has 0 aliphatic carbocycles. The van der Waals surface area contributed by atoms with Crippen LogP contribution in [-0.2, 0) is 4.79 Å². The summed E-state index contributed by atoms with van der Waals surface area (Å²) in [6, 6.07) is 3.15. The molecule has 2 fully saturated rings. The van der Waals surface area contributed by atoms with Gasteiger partial charge in [0.25, 0.3) is 5.91 Å². The summed E-state index contributed by atoms with van der Waals surface area (Å²) in [7, 11) is 3.63. The van der Waals surface area contributed by atoms with Gasteiger partial charge in [-0.3, -0.25) is 14.5 Å². The van der Waals surface area contributed by atoms with E-state index in [4.69, 9.17) is 0 Å². The quantitative estimate of drug-likeness (QED) is 0.863. The number of likely N-dealkylation sites (N-methyl/N-ethyl adjacent to an activating group) is 1. The van der Waals surface area contributed by atoms with E-state index in [9.17, 15) is 14.7 Å². The lowest BCUT2D eigenvalue weighted by atomic mass is 9.76. The van der Waals surface area contributed by atoms with Gasteiger partial charge in [0, 0.05) is 32.9 Å². The molecule has 2 aliphatic heterocycles. The average Bonchev–Trinajstić information content (AvgIpc) is 2.91. The molecule has 1 aromatic heterocycles. The first-order valence-electron chi connectivity index (χ1n) is 8.31. The fourth-order valence-electron chi connectivity index (χ4n) is 4.04. The Kier molecular flexibility index (Phi) is 4.45. The van der Waals surface area contributed by atoms with Crippen molar-refractivity contribution in [3.8, 4) is 0 Å². The first-order valence-corrected chi connectivity index (χ1v) is 8.31. The predicted molar refractivity (Wildman–Crippen MR) is 90.0 cm³/mol. The molecule has 1 spiro atoms. The maximum atomic E-state index is 12.8. The van der Waals surface area contributed by atoms with Crippen molar-refractivity contribution in [3.63, 3.8) is 0 Å². The van der Waals surface area contributed by atoms with Gasteiger partial charge in [0.05, 0.1) is 5.56 Å². The maximum Gasteiger partial charge on any atom is 0.320 e. The molecule has 1 atom stereocenters. The smallest absolute Gasteiger partial charge is 0.320 e. The fraction of sp³-hybridized carbons (Fsp3) is 0.588. The van der Waals surface area contributed by atoms with Gasteiger partial charge in [-0.15, -0.1) is 0 Å².